The smallest absolute Gasteiger partial charge is 0.251 e. The minimum atomic E-state index is 0. The molecule has 0 N–H and O–H groups in total. The molecule has 0 bridgehead atoms. The molecule has 1 aromatic carbocycles. The first kappa shape index (κ1) is 21.4. The van der Waals surface area contributed by atoms with Crippen LogP contribution >= 0.6 is 0 Å². The topological polar surface area (TPSA) is 51.1 Å². The Morgan fingerprint density at radius 3 is 2.52 bits per heavy atom. The molecule has 27 heavy (non-hydrogen) atoms. The van der Waals surface area contributed by atoms with E-state index in [1.54, 1.807) is 6.20 Å². The summed E-state index contributed by atoms with van der Waals surface area (Å²) in [7, 11) is 0. The van der Waals surface area contributed by atoms with E-state index in [2.05, 4.69) is 31.7 Å². The summed E-state index contributed by atoms with van der Waals surface area (Å²) in [6.07, 6.45) is 4.14. The predicted molar refractivity (Wildman–Crippen MR) is 102 cm³/mol. The molecule has 0 atom stereocenters. The summed E-state index contributed by atoms with van der Waals surface area (Å²) in [6.45, 7) is 2.64. The van der Waals surface area contributed by atoms with Crippen LogP contribution in [0.4, 0.5) is 0 Å². The normalized spacial score (nSPS) is 13.2. The minimum Gasteiger partial charge on any atom is -0.459 e. The summed E-state index contributed by atoms with van der Waals surface area (Å²) in [5.74, 6) is 6.68. The van der Waals surface area contributed by atoms with Gasteiger partial charge in [0.2, 0.25) is 0 Å². The number of rotatable bonds is 3. The van der Waals surface area contributed by atoms with Crippen LogP contribution in [0.3, 0.4) is 0 Å². The van der Waals surface area contributed by atoms with Gasteiger partial charge in [0.1, 0.15) is 12.2 Å². The number of aromatic nitrogens is 3. The largest absolute Gasteiger partial charge is 0.459 e. The second-order valence-electron chi connectivity index (χ2n) is 5.94. The van der Waals surface area contributed by atoms with E-state index in [4.69, 9.17) is 4.74 Å². The number of ether oxygens (including phenoxy) is 1. The first-order valence-electron chi connectivity index (χ1n) is 8.43. The first-order chi connectivity index (χ1) is 12.4. The summed E-state index contributed by atoms with van der Waals surface area (Å²) in [6, 6.07) is 13.5. The summed E-state index contributed by atoms with van der Waals surface area (Å²) >= 11 is 0. The van der Waals surface area contributed by atoms with Gasteiger partial charge in [0.25, 0.3) is 5.88 Å². The standard InChI is InChI=1S/C20H18N4O.CH3.Y/c1-2-7-16(8-3-1)10-11-18-20(25-15-24-13-4-5-14-24)23-17-9-6-12-21-19(17)22-18;;/h1-3,6-9,12H,4-5,13-15H2;1H3;/q;-1;. The molecule has 0 spiro atoms. The second-order valence-corrected chi connectivity index (χ2v) is 5.94. The van der Waals surface area contributed by atoms with Crippen LogP contribution in [0, 0.1) is 19.3 Å². The molecule has 0 amide bonds. The number of pyridine rings is 1. The molecule has 1 aliphatic rings. The van der Waals surface area contributed by atoms with E-state index in [9.17, 15) is 0 Å². The van der Waals surface area contributed by atoms with Gasteiger partial charge in [0.05, 0.1) is 0 Å². The van der Waals surface area contributed by atoms with E-state index in [1.807, 2.05) is 42.5 Å². The van der Waals surface area contributed by atoms with Crippen LogP contribution in [0.25, 0.3) is 11.2 Å². The third-order valence-electron chi connectivity index (χ3n) is 4.09. The zero-order chi connectivity index (χ0) is 16.9. The van der Waals surface area contributed by atoms with Crippen LogP contribution in [0.15, 0.2) is 48.7 Å². The average molecular weight is 434 g/mol. The van der Waals surface area contributed by atoms with Crippen LogP contribution in [0.1, 0.15) is 24.1 Å². The molecule has 135 valence electrons. The minimum absolute atomic E-state index is 0. The van der Waals surface area contributed by atoms with Crippen molar-refractivity contribution in [1.29, 1.82) is 0 Å². The van der Waals surface area contributed by atoms with E-state index in [0.29, 0.717) is 29.5 Å². The number of hydrogen-bond donors (Lipinski definition) is 0. The van der Waals surface area contributed by atoms with Crippen molar-refractivity contribution in [2.75, 3.05) is 19.8 Å². The molecule has 1 fully saturated rings. The maximum atomic E-state index is 5.94. The number of hydrogen-bond acceptors (Lipinski definition) is 5. The third kappa shape index (κ3) is 5.56. The monoisotopic (exact) mass is 434 g/mol. The number of likely N-dealkylation sites (tertiary alicyclic amines) is 1. The quantitative estimate of drug-likeness (QED) is 0.468. The average Bonchev–Trinajstić information content (AvgIpc) is 3.19. The zero-order valence-electron chi connectivity index (χ0n) is 15.4. The Morgan fingerprint density at radius 2 is 1.74 bits per heavy atom. The van der Waals surface area contributed by atoms with Crippen LogP contribution in [-0.2, 0) is 32.7 Å². The summed E-state index contributed by atoms with van der Waals surface area (Å²) in [5.41, 5.74) is 2.74. The Labute approximate surface area is 185 Å². The van der Waals surface area contributed by atoms with Gasteiger partial charge in [0, 0.05) is 57.6 Å². The zero-order valence-corrected chi connectivity index (χ0v) is 18.3. The molecule has 1 saturated heterocycles. The SMILES string of the molecule is C(#Cc1nc2ncccc2nc1OCN1CCCC1)c1ccccc1.[CH3-].[Y]. The maximum Gasteiger partial charge on any atom is 0.251 e. The van der Waals surface area contributed by atoms with Gasteiger partial charge < -0.3 is 12.2 Å². The number of nitrogens with zero attached hydrogens (tertiary/aromatic N) is 4. The Kier molecular flexibility index (Phi) is 8.31. The maximum absolute atomic E-state index is 5.94. The second kappa shape index (κ2) is 10.5. The molecular weight excluding hydrogens is 413 g/mol. The van der Waals surface area contributed by atoms with E-state index in [0.717, 1.165) is 18.7 Å². The van der Waals surface area contributed by atoms with E-state index in [1.165, 1.54) is 12.8 Å². The van der Waals surface area contributed by atoms with Gasteiger partial charge in [-0.2, -0.15) is 0 Å². The van der Waals surface area contributed by atoms with Crippen molar-refractivity contribution in [2.24, 2.45) is 0 Å². The predicted octanol–water partition coefficient (Wildman–Crippen LogP) is 3.30. The van der Waals surface area contributed by atoms with Crippen molar-refractivity contribution in [2.45, 2.75) is 12.8 Å². The van der Waals surface area contributed by atoms with Crippen molar-refractivity contribution in [3.63, 3.8) is 0 Å². The van der Waals surface area contributed by atoms with Gasteiger partial charge in [-0.25, -0.2) is 15.0 Å². The fourth-order valence-corrected chi connectivity index (χ4v) is 2.78. The molecule has 0 aliphatic carbocycles. The molecule has 4 rings (SSSR count). The molecular formula is C21H21N4OY-. The number of fused-ring (bicyclic) bond motifs is 1. The van der Waals surface area contributed by atoms with E-state index < -0.39 is 0 Å². The molecule has 2 aromatic heterocycles. The van der Waals surface area contributed by atoms with Gasteiger partial charge >= 0.3 is 0 Å². The van der Waals surface area contributed by atoms with Crippen LogP contribution in [0.2, 0.25) is 0 Å². The van der Waals surface area contributed by atoms with Gasteiger partial charge in [-0.1, -0.05) is 24.1 Å². The molecule has 3 heterocycles. The first-order valence-corrected chi connectivity index (χ1v) is 8.43. The van der Waals surface area contributed by atoms with Gasteiger partial charge in [-0.3, -0.25) is 4.90 Å². The fraction of sp³-hybridized carbons (Fsp3) is 0.238. The van der Waals surface area contributed by atoms with Crippen molar-refractivity contribution >= 4 is 11.2 Å². The molecule has 0 unspecified atom stereocenters. The van der Waals surface area contributed by atoms with E-state index in [-0.39, 0.29) is 40.1 Å². The Bertz CT molecular complexity index is 931. The van der Waals surface area contributed by atoms with Gasteiger partial charge in [-0.15, -0.1) is 0 Å². The Hall–Kier alpha value is -1.87. The summed E-state index contributed by atoms with van der Waals surface area (Å²) in [5, 5.41) is 0. The van der Waals surface area contributed by atoms with Crippen LogP contribution in [-0.4, -0.2) is 39.7 Å². The molecule has 1 aliphatic heterocycles. The van der Waals surface area contributed by atoms with Gasteiger partial charge in [0.15, 0.2) is 11.3 Å². The molecule has 1 radical (unpaired) electrons. The van der Waals surface area contributed by atoms with Crippen molar-refractivity contribution in [3.05, 3.63) is 67.3 Å². The fourth-order valence-electron chi connectivity index (χ4n) is 2.78. The van der Waals surface area contributed by atoms with Gasteiger partial charge in [-0.05, 0) is 43.0 Å². The Morgan fingerprint density at radius 1 is 0.963 bits per heavy atom. The van der Waals surface area contributed by atoms with Crippen molar-refractivity contribution < 1.29 is 37.4 Å². The van der Waals surface area contributed by atoms with Crippen LogP contribution in [0.5, 0.6) is 5.88 Å². The molecule has 6 heteroatoms. The summed E-state index contributed by atoms with van der Waals surface area (Å²) in [4.78, 5) is 15.7. The Balaban J connectivity index is 0.00000131. The van der Waals surface area contributed by atoms with Crippen LogP contribution < -0.4 is 4.74 Å². The third-order valence-corrected chi connectivity index (χ3v) is 4.09. The van der Waals surface area contributed by atoms with Crippen molar-refractivity contribution in [3.8, 4) is 17.7 Å². The summed E-state index contributed by atoms with van der Waals surface area (Å²) < 4.78 is 5.94. The van der Waals surface area contributed by atoms with E-state index >= 15 is 0 Å². The molecule has 3 aromatic rings. The molecule has 5 nitrogen and oxygen atoms in total. The van der Waals surface area contributed by atoms with Crippen molar-refractivity contribution in [1.82, 2.24) is 19.9 Å². The molecule has 0 saturated carbocycles. The number of benzene rings is 1.